The Bertz CT molecular complexity index is 749. The van der Waals surface area contributed by atoms with Crippen LogP contribution in [0.2, 0.25) is 0 Å². The Balaban J connectivity index is 0.000000791. The van der Waals surface area contributed by atoms with Gasteiger partial charge in [-0.15, -0.1) is 0 Å². The Kier molecular flexibility index (Phi) is 9.61. The minimum Gasteiger partial charge on any atom is -0.400 e. The van der Waals surface area contributed by atoms with Crippen molar-refractivity contribution in [1.82, 2.24) is 14.6 Å². The summed E-state index contributed by atoms with van der Waals surface area (Å²) in [4.78, 5) is 10.8. The third kappa shape index (κ3) is 5.15. The number of nitrogens with zero attached hydrogens (tertiary/aromatic N) is 5. The molecule has 0 aromatic carbocycles. The van der Waals surface area contributed by atoms with E-state index >= 15 is 0 Å². The fourth-order valence-electron chi connectivity index (χ4n) is 2.50. The van der Waals surface area contributed by atoms with Crippen molar-refractivity contribution < 1.29 is 5.11 Å². The van der Waals surface area contributed by atoms with Crippen LogP contribution in [0.4, 0.5) is 11.6 Å². The van der Waals surface area contributed by atoms with E-state index in [1.165, 1.54) is 12.8 Å². The summed E-state index contributed by atoms with van der Waals surface area (Å²) in [6.45, 7) is 13.3. The van der Waals surface area contributed by atoms with Crippen molar-refractivity contribution in [2.24, 2.45) is 4.99 Å². The summed E-state index contributed by atoms with van der Waals surface area (Å²) in [6, 6.07) is 2.00. The number of hydrogen-bond donors (Lipinski definition) is 2. The number of nitrogens with one attached hydrogen (secondary N) is 1. The van der Waals surface area contributed by atoms with E-state index in [0.29, 0.717) is 0 Å². The first-order valence-corrected chi connectivity index (χ1v) is 9.31. The maximum Gasteiger partial charge on any atom is 0.173 e. The number of allylic oxidation sites excluding steroid dienone is 1. The average Bonchev–Trinajstić information content (AvgIpc) is 3.35. The third-order valence-electron chi connectivity index (χ3n) is 3.57. The molecule has 3 rings (SSSR count). The second kappa shape index (κ2) is 11.4. The Morgan fingerprint density at radius 1 is 1.35 bits per heavy atom. The van der Waals surface area contributed by atoms with E-state index in [2.05, 4.69) is 49.5 Å². The molecule has 1 aliphatic heterocycles. The minimum absolute atomic E-state index is 0.751. The summed E-state index contributed by atoms with van der Waals surface area (Å²) in [6.07, 6.45) is 7.45. The zero-order chi connectivity index (χ0) is 19.5. The van der Waals surface area contributed by atoms with Gasteiger partial charge in [0.15, 0.2) is 5.65 Å². The molecule has 2 aromatic heterocycles. The fourth-order valence-corrected chi connectivity index (χ4v) is 2.85. The highest BCUT2D eigenvalue weighted by molar-refractivity contribution is 9.10. The maximum absolute atomic E-state index is 7.00. The average molecular weight is 423 g/mol. The van der Waals surface area contributed by atoms with Crippen molar-refractivity contribution >= 4 is 39.9 Å². The van der Waals surface area contributed by atoms with Crippen LogP contribution >= 0.6 is 15.9 Å². The number of aliphatic hydroxyl groups excluding tert-OH is 1. The largest absolute Gasteiger partial charge is 0.400 e. The number of hydrogen-bond acceptors (Lipinski definition) is 6. The number of aliphatic hydroxyl groups is 1. The number of aliphatic imine (C=N–C) groups is 1. The van der Waals surface area contributed by atoms with Gasteiger partial charge < -0.3 is 15.3 Å². The van der Waals surface area contributed by atoms with Crippen LogP contribution < -0.4 is 10.2 Å². The van der Waals surface area contributed by atoms with Gasteiger partial charge in [-0.05, 0) is 41.6 Å². The smallest absolute Gasteiger partial charge is 0.173 e. The molecule has 1 fully saturated rings. The summed E-state index contributed by atoms with van der Waals surface area (Å²) < 4.78 is 2.62. The van der Waals surface area contributed by atoms with Crippen LogP contribution in [-0.2, 0) is 0 Å². The first kappa shape index (κ1) is 21.9. The predicted octanol–water partition coefficient (Wildman–Crippen LogP) is 3.87. The van der Waals surface area contributed by atoms with Crippen LogP contribution in [0.15, 0.2) is 46.3 Å². The number of halogens is 1. The van der Waals surface area contributed by atoms with Crippen molar-refractivity contribution in [1.29, 1.82) is 0 Å². The lowest BCUT2D eigenvalue weighted by Crippen LogP contribution is -2.20. The van der Waals surface area contributed by atoms with Gasteiger partial charge in [0.2, 0.25) is 0 Å². The number of fused-ring (bicyclic) bond motifs is 1. The van der Waals surface area contributed by atoms with Gasteiger partial charge in [0.1, 0.15) is 11.6 Å². The monoisotopic (exact) mass is 422 g/mol. The van der Waals surface area contributed by atoms with Crippen molar-refractivity contribution in [3.05, 3.63) is 41.3 Å². The Morgan fingerprint density at radius 2 is 2.00 bits per heavy atom. The van der Waals surface area contributed by atoms with Crippen LogP contribution in [0, 0.1) is 0 Å². The number of rotatable bonds is 5. The molecular formula is C18H27BrN6O. The van der Waals surface area contributed by atoms with Gasteiger partial charge in [0, 0.05) is 32.5 Å². The lowest BCUT2D eigenvalue weighted by molar-refractivity contribution is 0.399. The SMILES string of the molecule is C=C/C(=C\N=C)Nc1cc(N2CCCC2)nc2c(Br)cnn12.CC.CO. The van der Waals surface area contributed by atoms with Gasteiger partial charge in [-0.1, -0.05) is 20.4 Å². The van der Waals surface area contributed by atoms with E-state index in [9.17, 15) is 0 Å². The molecule has 1 aliphatic rings. The molecule has 0 spiro atoms. The molecule has 142 valence electrons. The maximum atomic E-state index is 7.00. The van der Waals surface area contributed by atoms with Crippen LogP contribution in [0.25, 0.3) is 5.65 Å². The molecule has 7 nitrogen and oxygen atoms in total. The second-order valence-corrected chi connectivity index (χ2v) is 5.87. The van der Waals surface area contributed by atoms with E-state index in [0.717, 1.165) is 47.7 Å². The molecule has 0 bridgehead atoms. The standard InChI is InChI=1S/C15H17BrN6.C2H6.CH4O/c1-3-11(9-17-2)19-14-8-13(21-6-4-5-7-21)20-15-12(16)10-18-22(14)15;2*1-2/h3,8-10,19H,1-2,4-7H2;1-2H3;2H,1H3/b11-9+;;. The van der Waals surface area contributed by atoms with Crippen molar-refractivity contribution in [3.63, 3.8) is 0 Å². The number of anilines is 2. The Morgan fingerprint density at radius 3 is 2.58 bits per heavy atom. The molecule has 26 heavy (non-hydrogen) atoms. The predicted molar refractivity (Wildman–Crippen MR) is 113 cm³/mol. The lowest BCUT2D eigenvalue weighted by Gasteiger charge is -2.18. The summed E-state index contributed by atoms with van der Waals surface area (Å²) in [5.74, 6) is 1.76. The van der Waals surface area contributed by atoms with Crippen LogP contribution in [0.3, 0.4) is 0 Å². The molecule has 1 saturated heterocycles. The van der Waals surface area contributed by atoms with E-state index in [4.69, 9.17) is 10.1 Å². The van der Waals surface area contributed by atoms with E-state index in [1.807, 2.05) is 19.9 Å². The van der Waals surface area contributed by atoms with Crippen LogP contribution in [-0.4, -0.2) is 46.6 Å². The molecule has 3 heterocycles. The normalized spacial score (nSPS) is 13.4. The summed E-state index contributed by atoms with van der Waals surface area (Å²) in [5, 5.41) is 14.6. The molecule has 2 aromatic rings. The van der Waals surface area contributed by atoms with Gasteiger partial charge >= 0.3 is 0 Å². The van der Waals surface area contributed by atoms with Crippen LogP contribution in [0.1, 0.15) is 26.7 Å². The highest BCUT2D eigenvalue weighted by Gasteiger charge is 2.17. The first-order valence-electron chi connectivity index (χ1n) is 8.52. The fraction of sp³-hybridized carbons (Fsp3) is 0.389. The Labute approximate surface area is 163 Å². The molecule has 0 atom stereocenters. The number of aromatic nitrogens is 3. The van der Waals surface area contributed by atoms with Gasteiger partial charge in [0.05, 0.1) is 16.4 Å². The quantitative estimate of drug-likeness (QED) is 0.564. The van der Waals surface area contributed by atoms with E-state index in [1.54, 1.807) is 23.0 Å². The zero-order valence-corrected chi connectivity index (χ0v) is 17.2. The molecule has 0 saturated carbocycles. The molecule has 8 heteroatoms. The third-order valence-corrected chi connectivity index (χ3v) is 4.13. The van der Waals surface area contributed by atoms with Gasteiger partial charge in [-0.3, -0.25) is 4.99 Å². The summed E-state index contributed by atoms with van der Waals surface area (Å²) in [7, 11) is 1.00. The van der Waals surface area contributed by atoms with Crippen molar-refractivity contribution in [2.75, 3.05) is 30.4 Å². The van der Waals surface area contributed by atoms with Crippen LogP contribution in [0.5, 0.6) is 0 Å². The Hall–Kier alpha value is -2.19. The van der Waals surface area contributed by atoms with Crippen molar-refractivity contribution in [3.8, 4) is 0 Å². The summed E-state index contributed by atoms with van der Waals surface area (Å²) in [5.41, 5.74) is 1.53. The van der Waals surface area contributed by atoms with E-state index in [-0.39, 0.29) is 0 Å². The zero-order valence-electron chi connectivity index (χ0n) is 15.6. The van der Waals surface area contributed by atoms with Gasteiger partial charge in [-0.2, -0.15) is 9.61 Å². The second-order valence-electron chi connectivity index (χ2n) is 5.02. The molecule has 0 radical (unpaired) electrons. The van der Waals surface area contributed by atoms with Gasteiger partial charge in [0.25, 0.3) is 0 Å². The topological polar surface area (TPSA) is 78.1 Å². The lowest BCUT2D eigenvalue weighted by atomic mass is 10.4. The molecular weight excluding hydrogens is 396 g/mol. The minimum atomic E-state index is 0.751. The molecule has 0 unspecified atom stereocenters. The molecule has 2 N–H and O–H groups in total. The van der Waals surface area contributed by atoms with Gasteiger partial charge in [-0.25, -0.2) is 4.98 Å². The summed E-state index contributed by atoms with van der Waals surface area (Å²) >= 11 is 3.50. The molecule has 0 amide bonds. The molecule has 0 aliphatic carbocycles. The highest BCUT2D eigenvalue weighted by Crippen LogP contribution is 2.27. The van der Waals surface area contributed by atoms with Crippen molar-refractivity contribution in [2.45, 2.75) is 26.7 Å². The highest BCUT2D eigenvalue weighted by atomic mass is 79.9. The van der Waals surface area contributed by atoms with E-state index < -0.39 is 0 Å². The first-order chi connectivity index (χ1) is 12.7.